The van der Waals surface area contributed by atoms with Gasteiger partial charge < -0.3 is 15.6 Å². The van der Waals surface area contributed by atoms with Gasteiger partial charge in [-0.15, -0.1) is 0 Å². The molecule has 2 rings (SSSR count). The zero-order valence-electron chi connectivity index (χ0n) is 11.3. The Labute approximate surface area is 113 Å². The van der Waals surface area contributed by atoms with Crippen LogP contribution >= 0.6 is 0 Å². The van der Waals surface area contributed by atoms with Crippen LogP contribution in [0.15, 0.2) is 18.2 Å². The molecule has 0 aliphatic heterocycles. The topological polar surface area (TPSA) is 72.6 Å². The highest BCUT2D eigenvalue weighted by atomic mass is 16.5. The van der Waals surface area contributed by atoms with Gasteiger partial charge in [-0.25, -0.2) is 0 Å². The number of ether oxygens (including phenoxy) is 1. The van der Waals surface area contributed by atoms with Crippen molar-refractivity contribution in [2.24, 2.45) is 11.7 Å². The lowest BCUT2D eigenvalue weighted by molar-refractivity contribution is 0.0953. The van der Waals surface area contributed by atoms with Gasteiger partial charge in [0.2, 0.25) is 0 Å². The summed E-state index contributed by atoms with van der Waals surface area (Å²) >= 11 is 0. The van der Waals surface area contributed by atoms with Crippen molar-refractivity contribution in [2.45, 2.75) is 38.7 Å². The van der Waals surface area contributed by atoms with E-state index in [1.807, 2.05) is 19.1 Å². The average molecular weight is 263 g/mol. The molecule has 4 heteroatoms. The summed E-state index contributed by atoms with van der Waals surface area (Å²) < 4.78 is 5.94. The average Bonchev–Trinajstić information content (AvgIpc) is 2.39. The molecule has 1 aromatic carbocycles. The van der Waals surface area contributed by atoms with Crippen LogP contribution < -0.4 is 10.5 Å². The van der Waals surface area contributed by atoms with Crippen molar-refractivity contribution in [3.63, 3.8) is 0 Å². The van der Waals surface area contributed by atoms with Crippen LogP contribution in [0.2, 0.25) is 0 Å². The van der Waals surface area contributed by atoms with E-state index in [2.05, 4.69) is 0 Å². The van der Waals surface area contributed by atoms with E-state index in [1.165, 1.54) is 0 Å². The molecule has 1 aromatic rings. The number of benzene rings is 1. The summed E-state index contributed by atoms with van der Waals surface area (Å²) in [4.78, 5) is 11.4. The van der Waals surface area contributed by atoms with Gasteiger partial charge in [-0.1, -0.05) is 6.07 Å². The molecule has 4 nitrogen and oxygen atoms in total. The van der Waals surface area contributed by atoms with Gasteiger partial charge in [0.1, 0.15) is 5.75 Å². The van der Waals surface area contributed by atoms with Gasteiger partial charge in [0.05, 0.1) is 11.7 Å². The molecule has 0 saturated heterocycles. The van der Waals surface area contributed by atoms with Crippen LogP contribution in [0.4, 0.5) is 0 Å². The minimum atomic E-state index is -0.459. The Hall–Kier alpha value is -1.55. The zero-order valence-corrected chi connectivity index (χ0v) is 11.3. The van der Waals surface area contributed by atoms with Gasteiger partial charge in [-0.05, 0) is 56.2 Å². The van der Waals surface area contributed by atoms with E-state index in [0.29, 0.717) is 17.2 Å². The van der Waals surface area contributed by atoms with Crippen molar-refractivity contribution < 1.29 is 14.6 Å². The molecule has 1 aliphatic carbocycles. The number of hydrogen-bond donors (Lipinski definition) is 2. The number of primary amides is 1. The molecule has 3 N–H and O–H groups in total. The summed E-state index contributed by atoms with van der Waals surface area (Å²) in [6.45, 7) is 2.21. The Morgan fingerprint density at radius 3 is 2.63 bits per heavy atom. The van der Waals surface area contributed by atoms with E-state index in [4.69, 9.17) is 15.6 Å². The predicted molar refractivity (Wildman–Crippen MR) is 73.2 cm³/mol. The number of aliphatic hydroxyl groups is 1. The minimum Gasteiger partial charge on any atom is -0.490 e. The van der Waals surface area contributed by atoms with E-state index in [0.717, 1.165) is 31.2 Å². The minimum absolute atomic E-state index is 0.114. The standard InChI is InChI=1S/C15H21NO3/c1-10-2-7-13(15(16)18)14(8-10)19-12-5-3-11(9-17)4-6-12/h2,7-8,11-12,17H,3-6,9H2,1H3,(H2,16,18). The van der Waals surface area contributed by atoms with Crippen LogP contribution in [0.1, 0.15) is 41.6 Å². The van der Waals surface area contributed by atoms with Gasteiger partial charge in [0.25, 0.3) is 5.91 Å². The van der Waals surface area contributed by atoms with Crippen LogP contribution in [0.25, 0.3) is 0 Å². The molecule has 0 spiro atoms. The maximum absolute atomic E-state index is 11.4. The number of carbonyl (C=O) groups excluding carboxylic acids is 1. The Balaban J connectivity index is 2.06. The van der Waals surface area contributed by atoms with Crippen molar-refractivity contribution in [3.05, 3.63) is 29.3 Å². The first-order chi connectivity index (χ1) is 9.10. The van der Waals surface area contributed by atoms with E-state index < -0.39 is 5.91 Å². The second kappa shape index (κ2) is 6.06. The van der Waals surface area contributed by atoms with Crippen molar-refractivity contribution in [1.82, 2.24) is 0 Å². The summed E-state index contributed by atoms with van der Waals surface area (Å²) in [7, 11) is 0. The van der Waals surface area contributed by atoms with Gasteiger partial charge in [-0.2, -0.15) is 0 Å². The highest BCUT2D eigenvalue weighted by molar-refractivity contribution is 5.95. The molecule has 0 atom stereocenters. The van der Waals surface area contributed by atoms with E-state index in [-0.39, 0.29) is 12.7 Å². The second-order valence-corrected chi connectivity index (χ2v) is 5.31. The van der Waals surface area contributed by atoms with Crippen molar-refractivity contribution >= 4 is 5.91 Å². The fraction of sp³-hybridized carbons (Fsp3) is 0.533. The van der Waals surface area contributed by atoms with Crippen LogP contribution in [0.5, 0.6) is 5.75 Å². The molecule has 1 saturated carbocycles. The van der Waals surface area contributed by atoms with Gasteiger partial charge in [0, 0.05) is 6.61 Å². The molecular formula is C15H21NO3. The number of rotatable bonds is 4. The second-order valence-electron chi connectivity index (χ2n) is 5.31. The third kappa shape index (κ3) is 3.47. The Kier molecular flexibility index (Phi) is 4.43. The number of aryl methyl sites for hydroxylation is 1. The molecule has 1 amide bonds. The summed E-state index contributed by atoms with van der Waals surface area (Å²) in [5.41, 5.74) is 6.85. The largest absolute Gasteiger partial charge is 0.490 e. The van der Waals surface area contributed by atoms with Gasteiger partial charge >= 0.3 is 0 Å². The van der Waals surface area contributed by atoms with Crippen LogP contribution in [-0.4, -0.2) is 23.7 Å². The normalized spacial score (nSPS) is 23.1. The Morgan fingerprint density at radius 1 is 1.37 bits per heavy atom. The molecule has 104 valence electrons. The maximum atomic E-state index is 11.4. The number of amides is 1. The van der Waals surface area contributed by atoms with Crippen LogP contribution in [0.3, 0.4) is 0 Å². The Morgan fingerprint density at radius 2 is 2.05 bits per heavy atom. The lowest BCUT2D eigenvalue weighted by Gasteiger charge is -2.28. The molecule has 0 bridgehead atoms. The predicted octanol–water partition coefficient (Wildman–Crippen LogP) is 2.02. The summed E-state index contributed by atoms with van der Waals surface area (Å²) in [6.07, 6.45) is 3.88. The van der Waals surface area contributed by atoms with Gasteiger partial charge in [0.15, 0.2) is 0 Å². The third-order valence-corrected chi connectivity index (χ3v) is 3.75. The molecule has 1 fully saturated rings. The number of hydrogen-bond acceptors (Lipinski definition) is 3. The van der Waals surface area contributed by atoms with Crippen molar-refractivity contribution in [1.29, 1.82) is 0 Å². The van der Waals surface area contributed by atoms with E-state index >= 15 is 0 Å². The Bertz CT molecular complexity index is 451. The van der Waals surface area contributed by atoms with Crippen LogP contribution in [0, 0.1) is 12.8 Å². The van der Waals surface area contributed by atoms with Gasteiger partial charge in [-0.3, -0.25) is 4.79 Å². The third-order valence-electron chi connectivity index (χ3n) is 3.75. The fourth-order valence-corrected chi connectivity index (χ4v) is 2.54. The number of carbonyl (C=O) groups is 1. The summed E-state index contributed by atoms with van der Waals surface area (Å²) in [5.74, 6) is 0.520. The molecular weight excluding hydrogens is 242 g/mol. The molecule has 1 aliphatic rings. The highest BCUT2D eigenvalue weighted by Gasteiger charge is 2.23. The first-order valence-electron chi connectivity index (χ1n) is 6.78. The maximum Gasteiger partial charge on any atom is 0.252 e. The van der Waals surface area contributed by atoms with Crippen molar-refractivity contribution in [2.75, 3.05) is 6.61 Å². The first kappa shape index (κ1) is 13.9. The molecule has 0 unspecified atom stereocenters. The number of nitrogens with two attached hydrogens (primary N) is 1. The number of aliphatic hydroxyl groups excluding tert-OH is 1. The van der Waals surface area contributed by atoms with Crippen LogP contribution in [-0.2, 0) is 0 Å². The highest BCUT2D eigenvalue weighted by Crippen LogP contribution is 2.29. The lowest BCUT2D eigenvalue weighted by atomic mass is 9.88. The first-order valence-corrected chi connectivity index (χ1v) is 6.78. The molecule has 0 heterocycles. The molecule has 0 radical (unpaired) electrons. The molecule has 19 heavy (non-hydrogen) atoms. The van der Waals surface area contributed by atoms with Crippen molar-refractivity contribution in [3.8, 4) is 5.75 Å². The zero-order chi connectivity index (χ0) is 13.8. The molecule has 0 aromatic heterocycles. The smallest absolute Gasteiger partial charge is 0.252 e. The fourth-order valence-electron chi connectivity index (χ4n) is 2.54. The summed E-state index contributed by atoms with van der Waals surface area (Å²) in [6, 6.07) is 5.43. The SMILES string of the molecule is Cc1ccc(C(N)=O)c(OC2CCC(CO)CC2)c1. The van der Waals surface area contributed by atoms with E-state index in [1.54, 1.807) is 6.07 Å². The van der Waals surface area contributed by atoms with E-state index in [9.17, 15) is 4.79 Å². The monoisotopic (exact) mass is 263 g/mol. The lowest BCUT2D eigenvalue weighted by Crippen LogP contribution is -2.26. The quantitative estimate of drug-likeness (QED) is 0.873. The summed E-state index contributed by atoms with van der Waals surface area (Å²) in [5, 5.41) is 9.12.